The number of nitrogens with zero attached hydrogens (tertiary/aromatic N) is 1. The number of nitro groups is 1. The van der Waals surface area contributed by atoms with Gasteiger partial charge in [0.2, 0.25) is 0 Å². The number of phenols is 1. The zero-order valence-electron chi connectivity index (χ0n) is 16.3. The van der Waals surface area contributed by atoms with Crippen molar-refractivity contribution in [2.75, 3.05) is 11.9 Å². The number of amides is 1. The quantitative estimate of drug-likeness (QED) is 0.145. The number of nitro benzene ring substituents is 1. The van der Waals surface area contributed by atoms with Crippen LogP contribution in [0.3, 0.4) is 0 Å². The highest BCUT2D eigenvalue weighted by molar-refractivity contribution is 9.10. The van der Waals surface area contributed by atoms with Crippen molar-refractivity contribution in [3.63, 3.8) is 0 Å². The zero-order valence-corrected chi connectivity index (χ0v) is 18.7. The molecule has 0 saturated carbocycles. The van der Waals surface area contributed by atoms with Gasteiger partial charge in [-0.25, -0.2) is 0 Å². The van der Waals surface area contributed by atoms with Gasteiger partial charge in [-0.1, -0.05) is 42.1 Å². The van der Waals surface area contributed by atoms with Gasteiger partial charge in [-0.3, -0.25) is 20.2 Å². The number of rotatable bonds is 9. The molecule has 0 radical (unpaired) electrons. The van der Waals surface area contributed by atoms with E-state index in [9.17, 15) is 20.0 Å². The van der Waals surface area contributed by atoms with E-state index in [1.807, 2.05) is 0 Å². The first kappa shape index (κ1) is 23.6. The molecule has 2 aromatic rings. The van der Waals surface area contributed by atoms with Gasteiger partial charge in [-0.2, -0.15) is 0 Å². The van der Waals surface area contributed by atoms with Crippen molar-refractivity contribution < 1.29 is 19.6 Å². The average Bonchev–Trinajstić information content (AvgIpc) is 2.70. The van der Waals surface area contributed by atoms with Gasteiger partial charge >= 0.3 is 0 Å². The molecule has 0 aliphatic heterocycles. The van der Waals surface area contributed by atoms with Crippen molar-refractivity contribution >= 4 is 50.5 Å². The summed E-state index contributed by atoms with van der Waals surface area (Å²) in [6, 6.07) is 8.62. The molecule has 1 amide bonds. The van der Waals surface area contributed by atoms with Crippen LogP contribution in [0.2, 0.25) is 0 Å². The lowest BCUT2D eigenvalue weighted by atomic mass is 10.2. The summed E-state index contributed by atoms with van der Waals surface area (Å²) in [6.45, 7) is 2.63. The molecular formula is C20H22BrN3O5S. The van der Waals surface area contributed by atoms with Gasteiger partial charge < -0.3 is 15.2 Å². The van der Waals surface area contributed by atoms with Crippen LogP contribution in [0.25, 0.3) is 0 Å². The molecule has 8 nitrogen and oxygen atoms in total. The molecule has 0 bridgehead atoms. The standard InChI is InChI=1S/C20H22BrN3O5S/c1-2-3-4-5-10-29-18-9-6-13(21)11-15(18)19(26)23-20(30)22-16-8-7-14(24(27)28)12-17(16)25/h6-9,11-12,25H,2-5,10H2,1H3,(H2,22,23,26,30). The second-order valence-electron chi connectivity index (χ2n) is 6.42. The molecule has 0 aromatic heterocycles. The summed E-state index contributed by atoms with van der Waals surface area (Å²) < 4.78 is 6.47. The highest BCUT2D eigenvalue weighted by atomic mass is 79.9. The fraction of sp³-hybridized carbons (Fsp3) is 0.300. The smallest absolute Gasteiger partial charge is 0.273 e. The molecule has 0 fully saturated rings. The summed E-state index contributed by atoms with van der Waals surface area (Å²) in [4.78, 5) is 22.8. The van der Waals surface area contributed by atoms with Gasteiger partial charge in [0.05, 0.1) is 28.8 Å². The van der Waals surface area contributed by atoms with E-state index in [1.165, 1.54) is 12.1 Å². The normalized spacial score (nSPS) is 10.3. The third-order valence-electron chi connectivity index (χ3n) is 4.11. The number of non-ortho nitro benzene ring substituents is 1. The SMILES string of the molecule is CCCCCCOc1ccc(Br)cc1C(=O)NC(=S)Nc1ccc([N+](=O)[O-])cc1O. The van der Waals surface area contributed by atoms with Gasteiger partial charge in [0.15, 0.2) is 5.11 Å². The van der Waals surface area contributed by atoms with Crippen LogP contribution in [0, 0.1) is 10.1 Å². The second kappa shape index (κ2) is 11.5. The maximum absolute atomic E-state index is 12.7. The Morgan fingerprint density at radius 3 is 2.67 bits per heavy atom. The maximum Gasteiger partial charge on any atom is 0.273 e. The maximum atomic E-state index is 12.7. The Balaban J connectivity index is 2.03. The predicted octanol–water partition coefficient (Wildman–Crippen LogP) is 5.15. The van der Waals surface area contributed by atoms with Crippen molar-refractivity contribution in [3.05, 3.63) is 56.5 Å². The van der Waals surface area contributed by atoms with E-state index in [2.05, 4.69) is 33.5 Å². The topological polar surface area (TPSA) is 114 Å². The summed E-state index contributed by atoms with van der Waals surface area (Å²) in [7, 11) is 0. The number of unbranched alkanes of at least 4 members (excludes halogenated alkanes) is 3. The van der Waals surface area contributed by atoms with Gasteiger partial charge in [-0.05, 0) is 42.9 Å². The summed E-state index contributed by atoms with van der Waals surface area (Å²) in [5.74, 6) is -0.411. The molecule has 0 atom stereocenters. The number of carbonyl (C=O) groups is 1. The number of halogens is 1. The Bertz CT molecular complexity index is 939. The van der Waals surface area contributed by atoms with Crippen LogP contribution >= 0.6 is 28.1 Å². The number of thiocarbonyl (C=S) groups is 1. The number of hydrogen-bond donors (Lipinski definition) is 3. The summed E-state index contributed by atoms with van der Waals surface area (Å²) in [5.41, 5.74) is 0.173. The van der Waals surface area contributed by atoms with Gasteiger partial charge in [0.25, 0.3) is 11.6 Å². The molecule has 160 valence electrons. The largest absolute Gasteiger partial charge is 0.506 e. The lowest BCUT2D eigenvalue weighted by Crippen LogP contribution is -2.34. The molecule has 2 aromatic carbocycles. The molecule has 0 aliphatic rings. The minimum atomic E-state index is -0.624. The Hall–Kier alpha value is -2.72. The molecule has 0 unspecified atom stereocenters. The number of nitrogens with one attached hydrogen (secondary N) is 2. The molecule has 30 heavy (non-hydrogen) atoms. The fourth-order valence-electron chi connectivity index (χ4n) is 2.58. The number of phenolic OH excluding ortho intramolecular Hbond substituents is 1. The first-order valence-corrected chi connectivity index (χ1v) is 10.5. The highest BCUT2D eigenvalue weighted by Crippen LogP contribution is 2.28. The Morgan fingerprint density at radius 1 is 1.23 bits per heavy atom. The second-order valence-corrected chi connectivity index (χ2v) is 7.74. The fourth-order valence-corrected chi connectivity index (χ4v) is 3.14. The van der Waals surface area contributed by atoms with Crippen molar-refractivity contribution in [2.45, 2.75) is 32.6 Å². The number of ether oxygens (including phenoxy) is 1. The first-order valence-electron chi connectivity index (χ1n) is 9.34. The minimum absolute atomic E-state index is 0.0713. The molecule has 0 saturated heterocycles. The van der Waals surface area contributed by atoms with Crippen LogP contribution in [-0.2, 0) is 0 Å². The highest BCUT2D eigenvalue weighted by Gasteiger charge is 2.16. The van der Waals surface area contributed by atoms with E-state index >= 15 is 0 Å². The lowest BCUT2D eigenvalue weighted by molar-refractivity contribution is -0.384. The Labute approximate surface area is 187 Å². The first-order chi connectivity index (χ1) is 14.3. The van der Waals surface area contributed by atoms with E-state index in [-0.39, 0.29) is 22.2 Å². The number of carbonyl (C=O) groups excluding carboxylic acids is 1. The Morgan fingerprint density at radius 2 is 2.00 bits per heavy atom. The van der Waals surface area contributed by atoms with Crippen LogP contribution < -0.4 is 15.4 Å². The average molecular weight is 496 g/mol. The van der Waals surface area contributed by atoms with E-state index < -0.39 is 10.8 Å². The third-order valence-corrected chi connectivity index (χ3v) is 4.81. The predicted molar refractivity (Wildman–Crippen MR) is 122 cm³/mol. The monoisotopic (exact) mass is 495 g/mol. The van der Waals surface area contributed by atoms with Crippen molar-refractivity contribution in [1.82, 2.24) is 5.32 Å². The van der Waals surface area contributed by atoms with Crippen LogP contribution in [0.5, 0.6) is 11.5 Å². The van der Waals surface area contributed by atoms with E-state index in [0.717, 1.165) is 31.7 Å². The van der Waals surface area contributed by atoms with Crippen LogP contribution in [-0.4, -0.2) is 27.7 Å². The lowest BCUT2D eigenvalue weighted by Gasteiger charge is -2.14. The molecule has 2 rings (SSSR count). The van der Waals surface area contributed by atoms with E-state index in [1.54, 1.807) is 18.2 Å². The molecular weight excluding hydrogens is 474 g/mol. The van der Waals surface area contributed by atoms with Crippen LogP contribution in [0.15, 0.2) is 40.9 Å². The molecule has 0 aliphatic carbocycles. The third kappa shape index (κ3) is 6.96. The number of aromatic hydroxyl groups is 1. The summed E-state index contributed by atoms with van der Waals surface area (Å²) in [6.07, 6.45) is 4.21. The molecule has 0 spiro atoms. The molecule has 10 heteroatoms. The van der Waals surface area contributed by atoms with Gasteiger partial charge in [0, 0.05) is 10.5 Å². The van der Waals surface area contributed by atoms with Crippen molar-refractivity contribution in [1.29, 1.82) is 0 Å². The van der Waals surface area contributed by atoms with Crippen LogP contribution in [0.1, 0.15) is 43.0 Å². The minimum Gasteiger partial charge on any atom is -0.506 e. The molecule has 0 heterocycles. The van der Waals surface area contributed by atoms with Crippen molar-refractivity contribution in [2.24, 2.45) is 0 Å². The zero-order chi connectivity index (χ0) is 22.1. The Kier molecular flexibility index (Phi) is 9.00. The van der Waals surface area contributed by atoms with E-state index in [0.29, 0.717) is 22.4 Å². The molecule has 3 N–H and O–H groups in total. The van der Waals surface area contributed by atoms with Crippen molar-refractivity contribution in [3.8, 4) is 11.5 Å². The summed E-state index contributed by atoms with van der Waals surface area (Å²) in [5, 5.41) is 25.8. The van der Waals surface area contributed by atoms with E-state index in [4.69, 9.17) is 17.0 Å². The number of benzene rings is 2. The summed E-state index contributed by atoms with van der Waals surface area (Å²) >= 11 is 8.47. The van der Waals surface area contributed by atoms with Crippen LogP contribution in [0.4, 0.5) is 11.4 Å². The number of hydrogen-bond acceptors (Lipinski definition) is 6. The van der Waals surface area contributed by atoms with Gasteiger partial charge in [-0.15, -0.1) is 0 Å². The van der Waals surface area contributed by atoms with Gasteiger partial charge in [0.1, 0.15) is 11.5 Å². The number of anilines is 1.